The zero-order chi connectivity index (χ0) is 18.7. The van der Waals surface area contributed by atoms with Crippen molar-refractivity contribution in [2.24, 2.45) is 23.7 Å². The molecule has 25 heavy (non-hydrogen) atoms. The normalized spacial score (nSPS) is 35.7. The quantitative estimate of drug-likeness (QED) is 0.541. The molecule has 6 unspecified atom stereocenters. The summed E-state index contributed by atoms with van der Waals surface area (Å²) in [5, 5.41) is 36.7. The van der Waals surface area contributed by atoms with Gasteiger partial charge >= 0.3 is 23.9 Å². The Balaban J connectivity index is 1.98. The second kappa shape index (κ2) is 7.81. The molecule has 9 heteroatoms. The zero-order valence-corrected chi connectivity index (χ0v) is 13.5. The lowest BCUT2D eigenvalue weighted by molar-refractivity contribution is -0.165. The smallest absolute Gasteiger partial charge is 0.307 e. The van der Waals surface area contributed by atoms with E-state index in [2.05, 4.69) is 0 Å². The molecule has 2 aliphatic carbocycles. The van der Waals surface area contributed by atoms with Crippen molar-refractivity contribution < 1.29 is 44.3 Å². The van der Waals surface area contributed by atoms with Crippen molar-refractivity contribution in [2.45, 2.75) is 50.7 Å². The van der Waals surface area contributed by atoms with Crippen LogP contribution in [-0.4, -0.2) is 56.5 Å². The van der Waals surface area contributed by atoms with E-state index in [0.717, 1.165) is 0 Å². The predicted octanol–water partition coefficient (Wildman–Crippen LogP) is 0.911. The van der Waals surface area contributed by atoms with E-state index in [1.165, 1.54) is 0 Å². The first kappa shape index (κ1) is 19.2. The van der Waals surface area contributed by atoms with Crippen LogP contribution in [0.3, 0.4) is 0 Å². The van der Waals surface area contributed by atoms with Gasteiger partial charge in [0.05, 0.1) is 35.9 Å². The van der Waals surface area contributed by atoms with Gasteiger partial charge in [-0.25, -0.2) is 0 Å². The maximum atomic E-state index is 11.3. The summed E-state index contributed by atoms with van der Waals surface area (Å²) < 4.78 is 5.84. The van der Waals surface area contributed by atoms with Gasteiger partial charge in [-0.3, -0.25) is 19.2 Å². The molecule has 2 saturated carbocycles. The summed E-state index contributed by atoms with van der Waals surface area (Å²) in [7, 11) is 0. The van der Waals surface area contributed by atoms with Crippen LogP contribution in [0.4, 0.5) is 0 Å². The van der Waals surface area contributed by atoms with Crippen LogP contribution in [-0.2, 0) is 23.9 Å². The standard InChI is InChI=1S/C16H22O9/c17-13(18)9-3-1-7(5-11(9)15(21)22)25-8-2-4-10(14(19)20)12(6-8)16(23)24/h7-12H,1-6H2,(H,17,18)(H,19,20)(H,21,22)(H,23,24). The Morgan fingerprint density at radius 2 is 0.880 bits per heavy atom. The van der Waals surface area contributed by atoms with Gasteiger partial charge in [0.15, 0.2) is 0 Å². The molecule has 2 rings (SSSR count). The molecule has 0 saturated heterocycles. The van der Waals surface area contributed by atoms with Crippen molar-refractivity contribution in [1.82, 2.24) is 0 Å². The molecule has 4 N–H and O–H groups in total. The molecule has 6 atom stereocenters. The Hall–Kier alpha value is -2.16. The van der Waals surface area contributed by atoms with Gasteiger partial charge < -0.3 is 25.2 Å². The van der Waals surface area contributed by atoms with Gasteiger partial charge in [0.1, 0.15) is 0 Å². The minimum Gasteiger partial charge on any atom is -0.481 e. The van der Waals surface area contributed by atoms with E-state index in [-0.39, 0.29) is 25.7 Å². The molecule has 0 aromatic heterocycles. The number of carboxylic acids is 4. The topological polar surface area (TPSA) is 158 Å². The number of carboxylic acid groups (broad SMARTS) is 4. The van der Waals surface area contributed by atoms with Crippen LogP contribution in [0.25, 0.3) is 0 Å². The van der Waals surface area contributed by atoms with Crippen LogP contribution >= 0.6 is 0 Å². The largest absolute Gasteiger partial charge is 0.481 e. The van der Waals surface area contributed by atoms with Crippen LogP contribution in [0.15, 0.2) is 0 Å². The highest BCUT2D eigenvalue weighted by atomic mass is 16.5. The van der Waals surface area contributed by atoms with Crippen LogP contribution in [0.2, 0.25) is 0 Å². The summed E-state index contributed by atoms with van der Waals surface area (Å²) in [6, 6.07) is 0. The average Bonchev–Trinajstić information content (AvgIpc) is 2.54. The van der Waals surface area contributed by atoms with Gasteiger partial charge in [0.25, 0.3) is 0 Å². The Labute approximate surface area is 143 Å². The molecule has 0 heterocycles. The van der Waals surface area contributed by atoms with Crippen LogP contribution < -0.4 is 0 Å². The second-order valence-electron chi connectivity index (χ2n) is 6.79. The number of hydrogen-bond acceptors (Lipinski definition) is 5. The molecule has 0 radical (unpaired) electrons. The SMILES string of the molecule is O=C(O)C1CCC(OC2CCC(C(=O)O)C(C(=O)O)C2)CC1C(=O)O. The first-order valence-electron chi connectivity index (χ1n) is 8.27. The van der Waals surface area contributed by atoms with Crippen molar-refractivity contribution >= 4 is 23.9 Å². The Bertz CT molecular complexity index is 510. The lowest BCUT2D eigenvalue weighted by Gasteiger charge is -2.37. The van der Waals surface area contributed by atoms with Crippen molar-refractivity contribution in [2.75, 3.05) is 0 Å². The van der Waals surface area contributed by atoms with Crippen LogP contribution in [0.5, 0.6) is 0 Å². The van der Waals surface area contributed by atoms with E-state index in [0.29, 0.717) is 12.8 Å². The fourth-order valence-electron chi connectivity index (χ4n) is 3.92. The Morgan fingerprint density at radius 1 is 0.560 bits per heavy atom. The number of ether oxygens (including phenoxy) is 1. The average molecular weight is 358 g/mol. The molecule has 2 aliphatic rings. The summed E-state index contributed by atoms with van der Waals surface area (Å²) in [4.78, 5) is 44.9. The highest BCUT2D eigenvalue weighted by molar-refractivity contribution is 5.80. The van der Waals surface area contributed by atoms with E-state index >= 15 is 0 Å². The van der Waals surface area contributed by atoms with Gasteiger partial charge in [-0.15, -0.1) is 0 Å². The van der Waals surface area contributed by atoms with Gasteiger partial charge in [0, 0.05) is 0 Å². The van der Waals surface area contributed by atoms with Crippen molar-refractivity contribution in [1.29, 1.82) is 0 Å². The maximum absolute atomic E-state index is 11.3. The van der Waals surface area contributed by atoms with Gasteiger partial charge in [-0.05, 0) is 38.5 Å². The molecule has 0 bridgehead atoms. The fourth-order valence-corrected chi connectivity index (χ4v) is 3.92. The molecule has 0 spiro atoms. The van der Waals surface area contributed by atoms with Crippen LogP contribution in [0.1, 0.15) is 38.5 Å². The third-order valence-electron chi connectivity index (χ3n) is 5.26. The maximum Gasteiger partial charge on any atom is 0.307 e. The fraction of sp³-hybridized carbons (Fsp3) is 0.750. The lowest BCUT2D eigenvalue weighted by Crippen LogP contribution is -2.42. The molecule has 2 fully saturated rings. The number of aliphatic carboxylic acids is 4. The summed E-state index contributed by atoms with van der Waals surface area (Å²) >= 11 is 0. The second-order valence-corrected chi connectivity index (χ2v) is 6.79. The number of hydrogen-bond donors (Lipinski definition) is 4. The van der Waals surface area contributed by atoms with Crippen LogP contribution in [0, 0.1) is 23.7 Å². The van der Waals surface area contributed by atoms with Gasteiger partial charge in [-0.1, -0.05) is 0 Å². The minimum absolute atomic E-state index is 0.0584. The first-order valence-corrected chi connectivity index (χ1v) is 8.27. The third kappa shape index (κ3) is 4.47. The highest BCUT2D eigenvalue weighted by Crippen LogP contribution is 2.37. The summed E-state index contributed by atoms with van der Waals surface area (Å²) in [6.07, 6.45) is 0.337. The summed E-state index contributed by atoms with van der Waals surface area (Å²) in [6.45, 7) is 0. The molecule has 0 aliphatic heterocycles. The van der Waals surface area contributed by atoms with Gasteiger partial charge in [-0.2, -0.15) is 0 Å². The molecule has 140 valence electrons. The van der Waals surface area contributed by atoms with E-state index in [1.54, 1.807) is 0 Å². The summed E-state index contributed by atoms with van der Waals surface area (Å²) in [5.74, 6) is -8.63. The van der Waals surface area contributed by atoms with E-state index in [9.17, 15) is 29.4 Å². The monoisotopic (exact) mass is 358 g/mol. The molecule has 0 aromatic rings. The Kier molecular flexibility index (Phi) is 5.99. The predicted molar refractivity (Wildman–Crippen MR) is 80.9 cm³/mol. The number of rotatable bonds is 6. The minimum atomic E-state index is -1.18. The van der Waals surface area contributed by atoms with Gasteiger partial charge in [0.2, 0.25) is 0 Å². The molecular weight excluding hydrogens is 336 g/mol. The molecular formula is C16H22O9. The van der Waals surface area contributed by atoms with Crippen molar-refractivity contribution in [3.63, 3.8) is 0 Å². The molecule has 9 nitrogen and oxygen atoms in total. The van der Waals surface area contributed by atoms with Crippen molar-refractivity contribution in [3.8, 4) is 0 Å². The van der Waals surface area contributed by atoms with E-state index < -0.39 is 59.8 Å². The van der Waals surface area contributed by atoms with E-state index in [4.69, 9.17) is 14.9 Å². The summed E-state index contributed by atoms with van der Waals surface area (Å²) in [5.41, 5.74) is 0. The highest BCUT2D eigenvalue weighted by Gasteiger charge is 2.43. The number of carbonyl (C=O) groups is 4. The molecule has 0 aromatic carbocycles. The third-order valence-corrected chi connectivity index (χ3v) is 5.26. The lowest BCUT2D eigenvalue weighted by atomic mass is 9.76. The Morgan fingerprint density at radius 3 is 1.16 bits per heavy atom. The first-order chi connectivity index (χ1) is 11.7. The van der Waals surface area contributed by atoms with Crippen molar-refractivity contribution in [3.05, 3.63) is 0 Å². The molecule has 0 amide bonds. The zero-order valence-electron chi connectivity index (χ0n) is 13.5. The van der Waals surface area contributed by atoms with E-state index in [1.807, 2.05) is 0 Å².